The Morgan fingerprint density at radius 1 is 1.19 bits per heavy atom. The van der Waals surface area contributed by atoms with Gasteiger partial charge >= 0.3 is 0 Å². The smallest absolute Gasteiger partial charge is 0.246 e. The Morgan fingerprint density at radius 2 is 1.88 bits per heavy atom. The van der Waals surface area contributed by atoms with Crippen molar-refractivity contribution in [1.82, 2.24) is 10.2 Å². The Labute approximate surface area is 162 Å². The third-order valence-electron chi connectivity index (χ3n) is 5.38. The van der Waals surface area contributed by atoms with Crippen molar-refractivity contribution in [2.45, 2.75) is 51.1 Å². The summed E-state index contributed by atoms with van der Waals surface area (Å²) >= 11 is 0. The first-order chi connectivity index (χ1) is 12.0. The van der Waals surface area contributed by atoms with Crippen molar-refractivity contribution < 1.29 is 19.1 Å². The van der Waals surface area contributed by atoms with Gasteiger partial charge in [-0.25, -0.2) is 0 Å². The fraction of sp³-hybridized carbons (Fsp3) is 0.889. The second-order valence-electron chi connectivity index (χ2n) is 7.34. The summed E-state index contributed by atoms with van der Waals surface area (Å²) in [5.74, 6) is 0.707. The summed E-state index contributed by atoms with van der Waals surface area (Å²) in [5, 5.41) is 3.00. The van der Waals surface area contributed by atoms with Crippen LogP contribution in [0.4, 0.5) is 0 Å². The highest BCUT2D eigenvalue weighted by Gasteiger charge is 2.36. The third-order valence-corrected chi connectivity index (χ3v) is 5.38. The van der Waals surface area contributed by atoms with Crippen molar-refractivity contribution in [3.05, 3.63) is 0 Å². The molecule has 1 saturated carbocycles. The van der Waals surface area contributed by atoms with Crippen LogP contribution in [-0.2, 0) is 19.1 Å². The van der Waals surface area contributed by atoms with Crippen LogP contribution in [0.5, 0.6) is 0 Å². The molecule has 7 nitrogen and oxygen atoms in total. The van der Waals surface area contributed by atoms with Gasteiger partial charge in [-0.1, -0.05) is 0 Å². The molecule has 0 radical (unpaired) electrons. The van der Waals surface area contributed by atoms with Crippen molar-refractivity contribution >= 4 is 24.2 Å². The van der Waals surface area contributed by atoms with Gasteiger partial charge in [-0.05, 0) is 51.5 Å². The molecule has 0 aromatic heterocycles. The van der Waals surface area contributed by atoms with Crippen molar-refractivity contribution in [3.8, 4) is 0 Å². The van der Waals surface area contributed by atoms with E-state index >= 15 is 0 Å². The summed E-state index contributed by atoms with van der Waals surface area (Å²) in [6.07, 6.45) is 4.39. The molecule has 1 aliphatic heterocycles. The quantitative estimate of drug-likeness (QED) is 0.600. The second-order valence-corrected chi connectivity index (χ2v) is 7.34. The van der Waals surface area contributed by atoms with Gasteiger partial charge in [0.05, 0.1) is 13.2 Å². The number of nitrogens with zero attached hydrogens (tertiary/aromatic N) is 1. The molecule has 152 valence electrons. The maximum atomic E-state index is 12.8. The maximum absolute atomic E-state index is 12.8. The van der Waals surface area contributed by atoms with E-state index in [-0.39, 0.29) is 42.8 Å². The third kappa shape index (κ3) is 6.68. The summed E-state index contributed by atoms with van der Waals surface area (Å²) in [6.45, 7) is 4.53. The zero-order valence-corrected chi connectivity index (χ0v) is 16.8. The highest BCUT2D eigenvalue weighted by Crippen LogP contribution is 2.30. The van der Waals surface area contributed by atoms with Crippen LogP contribution in [0, 0.1) is 11.8 Å². The number of carbonyl (C=O) groups excluding carboxylic acids is 2. The molecule has 0 aromatic rings. The van der Waals surface area contributed by atoms with Crippen LogP contribution in [0.25, 0.3) is 0 Å². The van der Waals surface area contributed by atoms with Gasteiger partial charge in [0.15, 0.2) is 0 Å². The van der Waals surface area contributed by atoms with Crippen LogP contribution >= 0.6 is 12.4 Å². The van der Waals surface area contributed by atoms with E-state index in [0.717, 1.165) is 38.6 Å². The average Bonchev–Trinajstić information content (AvgIpc) is 3.00. The van der Waals surface area contributed by atoms with Crippen molar-refractivity contribution in [1.29, 1.82) is 0 Å². The number of likely N-dealkylation sites (tertiary alicyclic amines) is 1. The number of ether oxygens (including phenoxy) is 2. The fourth-order valence-electron chi connectivity index (χ4n) is 3.92. The molecule has 0 spiro atoms. The minimum Gasteiger partial charge on any atom is -0.382 e. The number of nitrogens with two attached hydrogens (primary N) is 1. The molecular formula is C18H34ClN3O4. The van der Waals surface area contributed by atoms with Crippen molar-refractivity contribution in [2.75, 3.05) is 40.0 Å². The number of rotatable bonds is 8. The number of methoxy groups -OCH3 is 1. The molecule has 0 aromatic carbocycles. The van der Waals surface area contributed by atoms with E-state index in [1.165, 1.54) is 0 Å². The molecule has 2 amide bonds. The number of amides is 2. The van der Waals surface area contributed by atoms with E-state index in [1.807, 2.05) is 4.90 Å². The molecule has 26 heavy (non-hydrogen) atoms. The fourth-order valence-corrected chi connectivity index (χ4v) is 3.92. The van der Waals surface area contributed by atoms with Crippen LogP contribution in [0.3, 0.4) is 0 Å². The van der Waals surface area contributed by atoms with Gasteiger partial charge < -0.3 is 25.4 Å². The molecule has 3 N–H and O–H groups in total. The number of hydrogen-bond acceptors (Lipinski definition) is 5. The van der Waals surface area contributed by atoms with Crippen molar-refractivity contribution in [2.24, 2.45) is 17.6 Å². The molecule has 1 aliphatic carbocycles. The van der Waals surface area contributed by atoms with E-state index < -0.39 is 0 Å². The molecule has 8 heteroatoms. The van der Waals surface area contributed by atoms with Gasteiger partial charge in [-0.3, -0.25) is 9.59 Å². The highest BCUT2D eigenvalue weighted by molar-refractivity contribution is 5.85. The summed E-state index contributed by atoms with van der Waals surface area (Å²) < 4.78 is 10.1. The summed E-state index contributed by atoms with van der Waals surface area (Å²) in [7, 11) is 1.60. The first-order valence-corrected chi connectivity index (χ1v) is 9.41. The normalized spacial score (nSPS) is 28.5. The lowest BCUT2D eigenvalue weighted by Crippen LogP contribution is -2.44. The second kappa shape index (κ2) is 11.7. The highest BCUT2D eigenvalue weighted by atomic mass is 35.5. The Morgan fingerprint density at radius 3 is 2.46 bits per heavy atom. The monoisotopic (exact) mass is 391 g/mol. The lowest BCUT2D eigenvalue weighted by Gasteiger charge is -2.32. The topological polar surface area (TPSA) is 93.9 Å². The number of carbonyl (C=O) groups is 2. The van der Waals surface area contributed by atoms with Gasteiger partial charge in [-0.15, -0.1) is 12.4 Å². The van der Waals surface area contributed by atoms with E-state index in [2.05, 4.69) is 12.2 Å². The Balaban J connectivity index is 0.00000338. The van der Waals surface area contributed by atoms with Gasteiger partial charge in [0.1, 0.15) is 6.61 Å². The first-order valence-electron chi connectivity index (χ1n) is 9.41. The number of halogens is 1. The van der Waals surface area contributed by atoms with E-state index in [0.29, 0.717) is 31.7 Å². The van der Waals surface area contributed by atoms with E-state index in [4.69, 9.17) is 15.2 Å². The standard InChI is InChI=1S/C18H33N3O4.ClH/c1-13-9-14(10-19)11-21(13)18(23)15-3-5-16(6-4-15)20-17(22)12-25-8-7-24-2;/h13-16H,3-12,19H2,1-2H3,(H,20,22);1H. The Bertz CT molecular complexity index is 444. The summed E-state index contributed by atoms with van der Waals surface area (Å²) in [5.41, 5.74) is 5.76. The number of nitrogens with one attached hydrogen (secondary N) is 1. The van der Waals surface area contributed by atoms with Gasteiger partial charge in [0.25, 0.3) is 0 Å². The molecule has 2 aliphatic rings. The molecule has 1 heterocycles. The minimum absolute atomic E-state index is 0. The Kier molecular flexibility index (Phi) is 10.5. The molecule has 0 bridgehead atoms. The molecule has 2 atom stereocenters. The van der Waals surface area contributed by atoms with Crippen LogP contribution in [0.2, 0.25) is 0 Å². The van der Waals surface area contributed by atoms with Crippen LogP contribution in [0.1, 0.15) is 39.0 Å². The first kappa shape index (κ1) is 23.1. The average molecular weight is 392 g/mol. The zero-order chi connectivity index (χ0) is 18.2. The SMILES string of the molecule is COCCOCC(=O)NC1CCC(C(=O)N2CC(CN)CC2C)CC1.Cl. The van der Waals surface area contributed by atoms with Gasteiger partial charge in [0.2, 0.25) is 11.8 Å². The molecule has 2 rings (SSSR count). The molecule has 2 fully saturated rings. The maximum Gasteiger partial charge on any atom is 0.246 e. The summed E-state index contributed by atoms with van der Waals surface area (Å²) in [6, 6.07) is 0.443. The van der Waals surface area contributed by atoms with Gasteiger partial charge in [0, 0.05) is 31.7 Å². The largest absolute Gasteiger partial charge is 0.382 e. The van der Waals surface area contributed by atoms with E-state index in [1.54, 1.807) is 7.11 Å². The summed E-state index contributed by atoms with van der Waals surface area (Å²) in [4.78, 5) is 26.6. The zero-order valence-electron chi connectivity index (χ0n) is 15.9. The predicted molar refractivity (Wildman–Crippen MR) is 102 cm³/mol. The lowest BCUT2D eigenvalue weighted by molar-refractivity contribution is -0.137. The van der Waals surface area contributed by atoms with Crippen molar-refractivity contribution in [3.63, 3.8) is 0 Å². The van der Waals surface area contributed by atoms with E-state index in [9.17, 15) is 9.59 Å². The molecular weight excluding hydrogens is 358 g/mol. The van der Waals surface area contributed by atoms with Crippen LogP contribution < -0.4 is 11.1 Å². The molecule has 2 unspecified atom stereocenters. The molecule has 1 saturated heterocycles. The van der Waals surface area contributed by atoms with Gasteiger partial charge in [-0.2, -0.15) is 0 Å². The minimum atomic E-state index is -0.0927. The lowest BCUT2D eigenvalue weighted by atomic mass is 9.85. The van der Waals surface area contributed by atoms with Crippen LogP contribution in [0.15, 0.2) is 0 Å². The Hall–Kier alpha value is -0.890. The number of hydrogen-bond donors (Lipinski definition) is 2. The predicted octanol–water partition coefficient (Wildman–Crippen LogP) is 0.942. The van der Waals surface area contributed by atoms with Crippen LogP contribution in [-0.4, -0.2) is 68.8 Å².